The summed E-state index contributed by atoms with van der Waals surface area (Å²) < 4.78 is 5.83. The van der Waals surface area contributed by atoms with Crippen LogP contribution in [0.15, 0.2) is 22.7 Å². The van der Waals surface area contributed by atoms with E-state index in [0.29, 0.717) is 4.47 Å². The van der Waals surface area contributed by atoms with Crippen LogP contribution in [0.3, 0.4) is 0 Å². The summed E-state index contributed by atoms with van der Waals surface area (Å²) in [5.74, 6) is 2.51. The van der Waals surface area contributed by atoms with Crippen LogP contribution in [0.1, 0.15) is 6.92 Å². The Bertz CT molecular complexity index is 425. The van der Waals surface area contributed by atoms with E-state index in [1.807, 2.05) is 0 Å². The van der Waals surface area contributed by atoms with Gasteiger partial charge in [-0.05, 0) is 19.1 Å². The van der Waals surface area contributed by atoms with Crippen LogP contribution in [0.2, 0.25) is 0 Å². The molecule has 0 heterocycles. The standard InChI is InChI=1S/C10H8BrNO3/c1-3-7(2)15-10-5-4-8(11)6-9(10)12(13)14/h1,4-7H,2H3. The van der Waals surface area contributed by atoms with Crippen molar-refractivity contribution in [2.24, 2.45) is 0 Å². The van der Waals surface area contributed by atoms with Gasteiger partial charge in [-0.3, -0.25) is 10.1 Å². The summed E-state index contributed by atoms with van der Waals surface area (Å²) in [4.78, 5) is 10.2. The maximum Gasteiger partial charge on any atom is 0.312 e. The maximum absolute atomic E-state index is 10.7. The summed E-state index contributed by atoms with van der Waals surface area (Å²) in [7, 11) is 0. The highest BCUT2D eigenvalue weighted by Gasteiger charge is 2.16. The van der Waals surface area contributed by atoms with Crippen LogP contribution in [0.4, 0.5) is 5.69 Å². The first-order chi connectivity index (χ1) is 7.04. The second kappa shape index (κ2) is 4.80. The topological polar surface area (TPSA) is 52.4 Å². The van der Waals surface area contributed by atoms with Crippen LogP contribution in [0, 0.1) is 22.5 Å². The van der Waals surface area contributed by atoms with E-state index in [1.165, 1.54) is 12.1 Å². The van der Waals surface area contributed by atoms with Gasteiger partial charge in [0, 0.05) is 10.5 Å². The van der Waals surface area contributed by atoms with Gasteiger partial charge in [-0.15, -0.1) is 6.42 Å². The second-order valence-corrected chi connectivity index (χ2v) is 3.71. The lowest BCUT2D eigenvalue weighted by molar-refractivity contribution is -0.386. The molecule has 1 rings (SSSR count). The average Bonchev–Trinajstić information content (AvgIpc) is 2.20. The highest BCUT2D eigenvalue weighted by molar-refractivity contribution is 9.10. The first kappa shape index (κ1) is 11.5. The van der Waals surface area contributed by atoms with Gasteiger partial charge in [0.15, 0.2) is 11.9 Å². The molecule has 1 aromatic rings. The fourth-order valence-electron chi connectivity index (χ4n) is 0.957. The molecule has 0 aliphatic carbocycles. The molecular weight excluding hydrogens is 262 g/mol. The monoisotopic (exact) mass is 269 g/mol. The molecule has 1 unspecified atom stereocenters. The zero-order valence-electron chi connectivity index (χ0n) is 7.94. The van der Waals surface area contributed by atoms with Crippen molar-refractivity contribution in [1.29, 1.82) is 0 Å². The summed E-state index contributed by atoms with van der Waals surface area (Å²) in [6.45, 7) is 1.64. The first-order valence-corrected chi connectivity index (χ1v) is 4.90. The molecule has 1 atom stereocenters. The number of ether oxygens (including phenoxy) is 1. The summed E-state index contributed by atoms with van der Waals surface area (Å²) >= 11 is 3.15. The van der Waals surface area contributed by atoms with E-state index in [1.54, 1.807) is 13.0 Å². The van der Waals surface area contributed by atoms with Gasteiger partial charge < -0.3 is 4.74 Å². The van der Waals surface area contributed by atoms with Crippen LogP contribution in [0.5, 0.6) is 5.75 Å². The third-order valence-corrected chi connectivity index (χ3v) is 2.15. The third-order valence-electron chi connectivity index (χ3n) is 1.66. The average molecular weight is 270 g/mol. The van der Waals surface area contributed by atoms with Crippen molar-refractivity contribution in [3.8, 4) is 18.1 Å². The molecular formula is C10H8BrNO3. The largest absolute Gasteiger partial charge is 0.471 e. The smallest absolute Gasteiger partial charge is 0.312 e. The number of nitro benzene ring substituents is 1. The highest BCUT2D eigenvalue weighted by atomic mass is 79.9. The zero-order valence-corrected chi connectivity index (χ0v) is 9.52. The molecule has 78 valence electrons. The molecule has 5 heteroatoms. The number of nitrogens with zero attached hydrogens (tertiary/aromatic N) is 1. The summed E-state index contributed by atoms with van der Waals surface area (Å²) in [6, 6.07) is 4.54. The molecule has 4 nitrogen and oxygen atoms in total. The van der Waals surface area contributed by atoms with Crippen molar-refractivity contribution in [2.45, 2.75) is 13.0 Å². The zero-order chi connectivity index (χ0) is 11.4. The fourth-order valence-corrected chi connectivity index (χ4v) is 1.31. The Kier molecular flexibility index (Phi) is 3.69. The van der Waals surface area contributed by atoms with Gasteiger partial charge >= 0.3 is 5.69 Å². The molecule has 0 aliphatic rings. The van der Waals surface area contributed by atoms with E-state index >= 15 is 0 Å². The lowest BCUT2D eigenvalue weighted by atomic mass is 10.3. The Balaban J connectivity index is 3.07. The van der Waals surface area contributed by atoms with E-state index < -0.39 is 11.0 Å². The van der Waals surface area contributed by atoms with Crippen molar-refractivity contribution in [3.63, 3.8) is 0 Å². The van der Waals surface area contributed by atoms with Crippen LogP contribution >= 0.6 is 15.9 Å². The Morgan fingerprint density at radius 2 is 2.33 bits per heavy atom. The van der Waals surface area contributed by atoms with Crippen LogP contribution in [0.25, 0.3) is 0 Å². The van der Waals surface area contributed by atoms with Crippen LogP contribution in [-0.2, 0) is 0 Å². The van der Waals surface area contributed by atoms with Crippen molar-refractivity contribution in [1.82, 2.24) is 0 Å². The molecule has 0 radical (unpaired) electrons. The van der Waals surface area contributed by atoms with Gasteiger partial charge in [-0.25, -0.2) is 0 Å². The summed E-state index contributed by atoms with van der Waals surface area (Å²) in [5, 5.41) is 10.7. The number of nitro groups is 1. The minimum Gasteiger partial charge on any atom is -0.471 e. The van der Waals surface area contributed by atoms with E-state index in [-0.39, 0.29) is 11.4 Å². The van der Waals surface area contributed by atoms with Crippen molar-refractivity contribution >= 4 is 21.6 Å². The number of hydrogen-bond acceptors (Lipinski definition) is 3. The molecule has 0 spiro atoms. The molecule has 0 N–H and O–H groups in total. The number of rotatable bonds is 3. The van der Waals surface area contributed by atoms with Crippen molar-refractivity contribution < 1.29 is 9.66 Å². The van der Waals surface area contributed by atoms with Gasteiger partial charge in [0.1, 0.15) is 0 Å². The molecule has 0 amide bonds. The normalized spacial score (nSPS) is 11.5. The van der Waals surface area contributed by atoms with Gasteiger partial charge in [-0.2, -0.15) is 0 Å². The Morgan fingerprint density at radius 3 is 2.87 bits per heavy atom. The minimum atomic E-state index is -0.511. The summed E-state index contributed by atoms with van der Waals surface area (Å²) in [6.07, 6.45) is 4.63. The van der Waals surface area contributed by atoms with Crippen molar-refractivity contribution in [2.75, 3.05) is 0 Å². The molecule has 0 saturated carbocycles. The lowest BCUT2D eigenvalue weighted by Crippen LogP contribution is -2.09. The molecule has 0 saturated heterocycles. The number of terminal acetylenes is 1. The maximum atomic E-state index is 10.7. The predicted molar refractivity (Wildman–Crippen MR) is 59.7 cm³/mol. The molecule has 1 aromatic carbocycles. The SMILES string of the molecule is C#CC(C)Oc1ccc(Br)cc1[N+](=O)[O-]. The Labute approximate surface area is 95.5 Å². The van der Waals surface area contributed by atoms with Gasteiger partial charge in [0.25, 0.3) is 0 Å². The molecule has 15 heavy (non-hydrogen) atoms. The number of halogens is 1. The molecule has 0 bridgehead atoms. The van der Waals surface area contributed by atoms with E-state index in [4.69, 9.17) is 11.2 Å². The molecule has 0 aromatic heterocycles. The quantitative estimate of drug-likeness (QED) is 0.482. The molecule has 0 aliphatic heterocycles. The van der Waals surface area contributed by atoms with Gasteiger partial charge in [0.05, 0.1) is 4.92 Å². The molecule has 0 fully saturated rings. The fraction of sp³-hybridized carbons (Fsp3) is 0.200. The Morgan fingerprint density at radius 1 is 1.67 bits per heavy atom. The third kappa shape index (κ3) is 2.96. The van der Waals surface area contributed by atoms with E-state index in [2.05, 4.69) is 21.9 Å². The Hall–Kier alpha value is -1.54. The highest BCUT2D eigenvalue weighted by Crippen LogP contribution is 2.30. The van der Waals surface area contributed by atoms with E-state index in [9.17, 15) is 10.1 Å². The van der Waals surface area contributed by atoms with Crippen LogP contribution in [-0.4, -0.2) is 11.0 Å². The van der Waals surface area contributed by atoms with Gasteiger partial charge in [-0.1, -0.05) is 21.9 Å². The van der Waals surface area contributed by atoms with Crippen molar-refractivity contribution in [3.05, 3.63) is 32.8 Å². The van der Waals surface area contributed by atoms with Crippen LogP contribution < -0.4 is 4.74 Å². The second-order valence-electron chi connectivity index (χ2n) is 2.80. The van der Waals surface area contributed by atoms with E-state index in [0.717, 1.165) is 0 Å². The summed E-state index contributed by atoms with van der Waals surface area (Å²) in [5.41, 5.74) is -0.105. The lowest BCUT2D eigenvalue weighted by Gasteiger charge is -2.08. The van der Waals surface area contributed by atoms with Gasteiger partial charge in [0.2, 0.25) is 0 Å². The first-order valence-electron chi connectivity index (χ1n) is 4.11. The number of benzene rings is 1. The number of hydrogen-bond donors (Lipinski definition) is 0. The predicted octanol–water partition coefficient (Wildman–Crippen LogP) is 2.76. The minimum absolute atomic E-state index is 0.105.